The van der Waals surface area contributed by atoms with Gasteiger partial charge in [-0.15, -0.1) is 0 Å². The van der Waals surface area contributed by atoms with Gasteiger partial charge in [-0.1, -0.05) is 16.1 Å². The lowest BCUT2D eigenvalue weighted by atomic mass is 10.2. The largest absolute Gasteiger partial charge is 0.212 e. The van der Waals surface area contributed by atoms with Gasteiger partial charge in [-0.05, 0) is 19.9 Å². The van der Waals surface area contributed by atoms with Crippen molar-refractivity contribution < 1.29 is 4.48 Å². The van der Waals surface area contributed by atoms with Crippen molar-refractivity contribution in [2.75, 3.05) is 6.54 Å². The fraction of sp³-hybridized carbons (Fsp3) is 0.429. The lowest BCUT2D eigenvalue weighted by molar-refractivity contribution is 0.0845. The zero-order chi connectivity index (χ0) is 6.85. The Balaban J connectivity index is 2.74. The van der Waals surface area contributed by atoms with E-state index in [9.17, 15) is 4.48 Å². The third-order valence-corrected chi connectivity index (χ3v) is 1.39. The van der Waals surface area contributed by atoms with Crippen molar-refractivity contribution in [1.29, 1.82) is 0 Å². The normalized spacial score (nSPS) is 19.2. The minimum atomic E-state index is 0.397. The van der Waals surface area contributed by atoms with Crippen molar-refractivity contribution in [2.45, 2.75) is 13.8 Å². The Morgan fingerprint density at radius 2 is 2.22 bits per heavy atom. The summed E-state index contributed by atoms with van der Waals surface area (Å²) >= 11 is 0. The summed E-state index contributed by atoms with van der Waals surface area (Å²) in [6.07, 6.45) is 3.68. The van der Waals surface area contributed by atoms with E-state index in [-0.39, 0.29) is 0 Å². The molecule has 0 N–H and O–H groups in total. The van der Waals surface area contributed by atoms with E-state index in [1.54, 1.807) is 6.92 Å². The molecule has 0 saturated heterocycles. The maximum Gasteiger partial charge on any atom is 0.0688 e. The van der Waals surface area contributed by atoms with Gasteiger partial charge in [0.2, 0.25) is 0 Å². The summed E-state index contributed by atoms with van der Waals surface area (Å²) in [6, 6.07) is 0. The molecular weight excluding hydrogens is 117 g/mol. The minimum Gasteiger partial charge on any atom is -0.212 e. The number of rotatable bonds is 0. The molecule has 1 heterocycles. The second kappa shape index (κ2) is 2.21. The number of hydrogen-bond donors (Lipinski definition) is 0. The van der Waals surface area contributed by atoms with Crippen LogP contribution in [0.25, 0.3) is 0 Å². The number of allylic oxidation sites excluding steroid dienone is 3. The van der Waals surface area contributed by atoms with Crippen LogP contribution in [0.3, 0.4) is 0 Å². The number of halogens is 1. The first-order chi connectivity index (χ1) is 4.20. The zero-order valence-electron chi connectivity index (χ0n) is 5.69. The summed E-state index contributed by atoms with van der Waals surface area (Å²) in [5.41, 5.74) is 1.83. The summed E-state index contributed by atoms with van der Waals surface area (Å²) in [6.45, 7) is 4.13. The van der Waals surface area contributed by atoms with Crippen molar-refractivity contribution in [2.24, 2.45) is 0 Å². The van der Waals surface area contributed by atoms with Crippen molar-refractivity contribution in [3.63, 3.8) is 0 Å². The molecule has 0 fully saturated rings. The Labute approximate surface area is 54.4 Å². The van der Waals surface area contributed by atoms with Crippen LogP contribution in [0, 0.1) is 0 Å². The minimum absolute atomic E-state index is 0.397. The van der Waals surface area contributed by atoms with Crippen LogP contribution < -0.4 is 0 Å². The first-order valence-corrected chi connectivity index (χ1v) is 2.98. The molecule has 0 spiro atoms. The second-order valence-electron chi connectivity index (χ2n) is 2.28. The van der Waals surface area contributed by atoms with Gasteiger partial charge in [-0.25, -0.2) is 5.12 Å². The van der Waals surface area contributed by atoms with E-state index >= 15 is 0 Å². The third kappa shape index (κ3) is 1.31. The van der Waals surface area contributed by atoms with Crippen LogP contribution in [0.4, 0.5) is 4.48 Å². The highest BCUT2D eigenvalue weighted by atomic mass is 19.2. The molecule has 1 rings (SSSR count). The van der Waals surface area contributed by atoms with E-state index in [0.717, 1.165) is 10.7 Å². The SMILES string of the molecule is CC1=CCN(F)C(C)=C1. The van der Waals surface area contributed by atoms with E-state index < -0.39 is 0 Å². The average molecular weight is 127 g/mol. The van der Waals surface area contributed by atoms with E-state index in [2.05, 4.69) is 0 Å². The average Bonchev–Trinajstić information content (AvgIpc) is 1.80. The van der Waals surface area contributed by atoms with Crippen LogP contribution in [-0.4, -0.2) is 11.7 Å². The molecule has 0 radical (unpaired) electrons. The Morgan fingerprint density at radius 1 is 1.56 bits per heavy atom. The summed E-state index contributed by atoms with van der Waals surface area (Å²) in [5, 5.41) is 0.729. The molecule has 0 aromatic heterocycles. The Kier molecular flexibility index (Phi) is 1.56. The molecule has 9 heavy (non-hydrogen) atoms. The molecule has 2 heteroatoms. The number of nitrogens with zero attached hydrogens (tertiary/aromatic N) is 1. The van der Waals surface area contributed by atoms with Crippen LogP contribution in [0.1, 0.15) is 13.8 Å². The predicted octanol–water partition coefficient (Wildman–Crippen LogP) is 2.04. The Bertz CT molecular complexity index is 170. The lowest BCUT2D eigenvalue weighted by Crippen LogP contribution is -2.13. The first-order valence-electron chi connectivity index (χ1n) is 2.98. The fourth-order valence-corrected chi connectivity index (χ4v) is 0.827. The van der Waals surface area contributed by atoms with Crippen LogP contribution in [-0.2, 0) is 0 Å². The van der Waals surface area contributed by atoms with Gasteiger partial charge in [0.1, 0.15) is 0 Å². The standard InChI is InChI=1S/C7H10FN/c1-6-3-4-9(8)7(2)5-6/h3,5H,4H2,1-2H3. The highest BCUT2D eigenvalue weighted by Gasteiger charge is 2.05. The molecule has 1 nitrogen and oxygen atoms in total. The van der Waals surface area contributed by atoms with Crippen molar-refractivity contribution in [3.8, 4) is 0 Å². The molecule has 0 aromatic rings. The third-order valence-electron chi connectivity index (χ3n) is 1.39. The second-order valence-corrected chi connectivity index (χ2v) is 2.28. The van der Waals surface area contributed by atoms with Gasteiger partial charge in [0.05, 0.1) is 6.54 Å². The van der Waals surface area contributed by atoms with E-state index in [0.29, 0.717) is 12.2 Å². The highest BCUT2D eigenvalue weighted by Crippen LogP contribution is 2.13. The molecular formula is C7H10FN. The van der Waals surface area contributed by atoms with E-state index in [1.807, 2.05) is 19.1 Å². The van der Waals surface area contributed by atoms with E-state index in [4.69, 9.17) is 0 Å². The summed E-state index contributed by atoms with van der Waals surface area (Å²) in [5.74, 6) is 0. The topological polar surface area (TPSA) is 3.24 Å². The Hall–Kier alpha value is -0.790. The molecule has 1 aliphatic rings. The molecule has 0 aliphatic carbocycles. The molecule has 0 saturated carbocycles. The predicted molar refractivity (Wildman–Crippen MR) is 35.3 cm³/mol. The zero-order valence-corrected chi connectivity index (χ0v) is 5.69. The van der Waals surface area contributed by atoms with Crippen LogP contribution in [0.15, 0.2) is 23.4 Å². The smallest absolute Gasteiger partial charge is 0.0688 e. The maximum absolute atomic E-state index is 12.5. The first kappa shape index (κ1) is 6.33. The molecule has 0 unspecified atom stereocenters. The molecule has 0 bridgehead atoms. The van der Waals surface area contributed by atoms with Crippen molar-refractivity contribution >= 4 is 0 Å². The van der Waals surface area contributed by atoms with Crippen LogP contribution in [0.2, 0.25) is 0 Å². The van der Waals surface area contributed by atoms with Gasteiger partial charge < -0.3 is 0 Å². The summed E-state index contributed by atoms with van der Waals surface area (Å²) in [7, 11) is 0. The quantitative estimate of drug-likeness (QED) is 0.450. The fourth-order valence-electron chi connectivity index (χ4n) is 0.827. The number of hydrogen-bond acceptors (Lipinski definition) is 1. The molecule has 0 amide bonds. The Morgan fingerprint density at radius 3 is 2.67 bits per heavy atom. The van der Waals surface area contributed by atoms with Crippen LogP contribution in [0.5, 0.6) is 0 Å². The summed E-state index contributed by atoms with van der Waals surface area (Å²) in [4.78, 5) is 0. The summed E-state index contributed by atoms with van der Waals surface area (Å²) < 4.78 is 12.5. The molecule has 0 aromatic carbocycles. The van der Waals surface area contributed by atoms with Gasteiger partial charge in [-0.3, -0.25) is 0 Å². The maximum atomic E-state index is 12.5. The van der Waals surface area contributed by atoms with Crippen molar-refractivity contribution in [3.05, 3.63) is 23.4 Å². The lowest BCUT2D eigenvalue weighted by Gasteiger charge is -2.16. The molecule has 50 valence electrons. The molecule has 0 atom stereocenters. The highest BCUT2D eigenvalue weighted by molar-refractivity contribution is 5.23. The van der Waals surface area contributed by atoms with Gasteiger partial charge in [0.15, 0.2) is 0 Å². The van der Waals surface area contributed by atoms with E-state index in [1.165, 1.54) is 0 Å². The van der Waals surface area contributed by atoms with Gasteiger partial charge in [-0.2, -0.15) is 0 Å². The van der Waals surface area contributed by atoms with Gasteiger partial charge in [0.25, 0.3) is 0 Å². The van der Waals surface area contributed by atoms with Gasteiger partial charge in [0, 0.05) is 5.70 Å². The van der Waals surface area contributed by atoms with Crippen LogP contribution >= 0.6 is 0 Å². The van der Waals surface area contributed by atoms with Crippen molar-refractivity contribution in [1.82, 2.24) is 5.12 Å². The van der Waals surface area contributed by atoms with Gasteiger partial charge >= 0.3 is 0 Å². The molecule has 1 aliphatic heterocycles. The monoisotopic (exact) mass is 127 g/mol.